The van der Waals surface area contributed by atoms with Gasteiger partial charge in [0.2, 0.25) is 0 Å². The lowest BCUT2D eigenvalue weighted by Crippen LogP contribution is -2.50. The summed E-state index contributed by atoms with van der Waals surface area (Å²) in [5, 5.41) is 3.13. The van der Waals surface area contributed by atoms with Gasteiger partial charge in [-0.1, -0.05) is 45.4 Å². The summed E-state index contributed by atoms with van der Waals surface area (Å²) < 4.78 is 5.84. The Hall–Kier alpha value is -1.51. The second-order valence-corrected chi connectivity index (χ2v) is 7.94. The molecule has 0 saturated carbocycles. The normalized spacial score (nSPS) is 13.6. The zero-order valence-electron chi connectivity index (χ0n) is 15.1. The van der Waals surface area contributed by atoms with Crippen molar-refractivity contribution in [2.24, 2.45) is 5.41 Å². The van der Waals surface area contributed by atoms with Crippen LogP contribution in [0.3, 0.4) is 0 Å². The number of rotatable bonds is 6. The summed E-state index contributed by atoms with van der Waals surface area (Å²) in [6, 6.07) is 7.80. The van der Waals surface area contributed by atoms with E-state index in [1.807, 2.05) is 38.1 Å². The summed E-state index contributed by atoms with van der Waals surface area (Å²) in [6.45, 7) is 14.7. The van der Waals surface area contributed by atoms with Crippen LogP contribution in [-0.4, -0.2) is 17.6 Å². The number of carbonyl (C=O) groups is 1. The summed E-state index contributed by atoms with van der Waals surface area (Å²) >= 11 is 0. The van der Waals surface area contributed by atoms with Crippen LogP contribution in [0.2, 0.25) is 0 Å². The van der Waals surface area contributed by atoms with Crippen molar-refractivity contribution in [2.45, 2.75) is 73.0 Å². The summed E-state index contributed by atoms with van der Waals surface area (Å²) in [6.07, 6.45) is 1.10. The third-order valence-electron chi connectivity index (χ3n) is 3.40. The van der Waals surface area contributed by atoms with E-state index in [0.29, 0.717) is 6.42 Å². The predicted octanol–water partition coefficient (Wildman–Crippen LogP) is 4.48. The zero-order valence-corrected chi connectivity index (χ0v) is 15.1. The molecule has 0 aliphatic heterocycles. The van der Waals surface area contributed by atoms with Crippen molar-refractivity contribution in [1.82, 2.24) is 5.32 Å². The molecule has 1 atom stereocenters. The lowest BCUT2D eigenvalue weighted by atomic mass is 9.81. The molecule has 0 saturated heterocycles. The molecule has 1 aromatic rings. The van der Waals surface area contributed by atoms with Crippen LogP contribution in [-0.2, 0) is 4.79 Å². The van der Waals surface area contributed by atoms with Gasteiger partial charge < -0.3 is 10.1 Å². The smallest absolute Gasteiger partial charge is 0.261 e. The lowest BCUT2D eigenvalue weighted by Gasteiger charge is -2.34. The Labute approximate surface area is 135 Å². The highest BCUT2D eigenvalue weighted by Crippen LogP contribution is 2.27. The molecular formula is C19H31NO2. The van der Waals surface area contributed by atoms with Crippen molar-refractivity contribution in [1.29, 1.82) is 0 Å². The first-order valence-electron chi connectivity index (χ1n) is 8.08. The van der Waals surface area contributed by atoms with Crippen molar-refractivity contribution in [3.05, 3.63) is 29.8 Å². The number of ether oxygens (including phenoxy) is 1. The third kappa shape index (κ3) is 6.50. The van der Waals surface area contributed by atoms with E-state index in [2.05, 4.69) is 39.9 Å². The molecule has 3 nitrogen and oxygen atoms in total. The number of hydrogen-bond donors (Lipinski definition) is 1. The number of nitrogens with one attached hydrogen (secondary N) is 1. The Morgan fingerprint density at radius 2 is 1.68 bits per heavy atom. The molecular weight excluding hydrogens is 274 g/mol. The maximum Gasteiger partial charge on any atom is 0.261 e. The van der Waals surface area contributed by atoms with E-state index in [1.54, 1.807) is 0 Å². The van der Waals surface area contributed by atoms with E-state index >= 15 is 0 Å². The van der Waals surface area contributed by atoms with Gasteiger partial charge >= 0.3 is 0 Å². The molecule has 3 heteroatoms. The Morgan fingerprint density at radius 1 is 1.14 bits per heavy atom. The van der Waals surface area contributed by atoms with Crippen LogP contribution in [0.25, 0.3) is 0 Å². The standard InChI is InChI=1S/C19H31NO2/c1-8-16(22-15-11-9-14(2)10-12-15)17(21)20-19(6,7)13-18(3,4)5/h9-12,16H,8,13H2,1-7H3,(H,20,21). The molecule has 0 aliphatic rings. The van der Waals surface area contributed by atoms with Crippen LogP contribution in [0.4, 0.5) is 0 Å². The van der Waals surface area contributed by atoms with Crippen LogP contribution >= 0.6 is 0 Å². The largest absolute Gasteiger partial charge is 0.481 e. The van der Waals surface area contributed by atoms with E-state index < -0.39 is 6.10 Å². The topological polar surface area (TPSA) is 38.3 Å². The second-order valence-electron chi connectivity index (χ2n) is 7.94. The molecule has 1 unspecified atom stereocenters. The molecule has 0 spiro atoms. The van der Waals surface area contributed by atoms with Gasteiger partial charge in [-0.15, -0.1) is 0 Å². The van der Waals surface area contributed by atoms with Crippen LogP contribution < -0.4 is 10.1 Å². The molecule has 0 radical (unpaired) electrons. The summed E-state index contributed by atoms with van der Waals surface area (Å²) in [5.74, 6) is 0.693. The summed E-state index contributed by atoms with van der Waals surface area (Å²) in [5.41, 5.74) is 1.09. The van der Waals surface area contributed by atoms with Crippen molar-refractivity contribution in [3.8, 4) is 5.75 Å². The van der Waals surface area contributed by atoms with Crippen molar-refractivity contribution >= 4 is 5.91 Å². The summed E-state index contributed by atoms with van der Waals surface area (Å²) in [4.78, 5) is 12.5. The lowest BCUT2D eigenvalue weighted by molar-refractivity contribution is -0.130. The van der Waals surface area contributed by atoms with Crippen LogP contribution in [0, 0.1) is 12.3 Å². The van der Waals surface area contributed by atoms with Crippen molar-refractivity contribution in [3.63, 3.8) is 0 Å². The first-order valence-corrected chi connectivity index (χ1v) is 8.08. The number of aryl methyl sites for hydroxylation is 1. The number of carbonyl (C=O) groups excluding carboxylic acids is 1. The Balaban J connectivity index is 2.70. The zero-order chi connectivity index (χ0) is 17.0. The average Bonchev–Trinajstić information content (AvgIpc) is 2.34. The van der Waals surface area contributed by atoms with Gasteiger partial charge in [0.05, 0.1) is 0 Å². The van der Waals surface area contributed by atoms with Crippen molar-refractivity contribution < 1.29 is 9.53 Å². The molecule has 124 valence electrons. The molecule has 0 aromatic heterocycles. The monoisotopic (exact) mass is 305 g/mol. The summed E-state index contributed by atoms with van der Waals surface area (Å²) in [7, 11) is 0. The molecule has 0 bridgehead atoms. The van der Waals surface area contributed by atoms with E-state index in [1.165, 1.54) is 5.56 Å². The van der Waals surface area contributed by atoms with E-state index in [9.17, 15) is 4.79 Å². The quantitative estimate of drug-likeness (QED) is 0.841. The molecule has 22 heavy (non-hydrogen) atoms. The van der Waals surface area contributed by atoms with Crippen LogP contribution in [0.15, 0.2) is 24.3 Å². The highest BCUT2D eigenvalue weighted by molar-refractivity contribution is 5.81. The van der Waals surface area contributed by atoms with E-state index in [4.69, 9.17) is 4.74 Å². The Kier molecular flexibility index (Phi) is 6.04. The second kappa shape index (κ2) is 7.17. The maximum absolute atomic E-state index is 12.5. The van der Waals surface area contributed by atoms with Crippen molar-refractivity contribution in [2.75, 3.05) is 0 Å². The maximum atomic E-state index is 12.5. The Bertz CT molecular complexity index is 483. The minimum absolute atomic E-state index is 0.0441. The first kappa shape index (κ1) is 18.5. The van der Waals surface area contributed by atoms with Crippen LogP contribution in [0.1, 0.15) is 59.9 Å². The highest BCUT2D eigenvalue weighted by Gasteiger charge is 2.30. The van der Waals surface area contributed by atoms with Gasteiger partial charge in [0, 0.05) is 5.54 Å². The third-order valence-corrected chi connectivity index (χ3v) is 3.40. The molecule has 1 aromatic carbocycles. The van der Waals surface area contributed by atoms with Gasteiger partial charge in [0.1, 0.15) is 5.75 Å². The number of amides is 1. The fourth-order valence-corrected chi connectivity index (χ4v) is 2.89. The minimum atomic E-state index is -0.457. The molecule has 0 heterocycles. The fourth-order valence-electron chi connectivity index (χ4n) is 2.89. The van der Waals surface area contributed by atoms with Gasteiger partial charge in [-0.3, -0.25) is 4.79 Å². The number of benzene rings is 1. The SMILES string of the molecule is CCC(Oc1ccc(C)cc1)C(=O)NC(C)(C)CC(C)(C)C. The Morgan fingerprint density at radius 3 is 2.14 bits per heavy atom. The minimum Gasteiger partial charge on any atom is -0.481 e. The molecule has 0 fully saturated rings. The predicted molar refractivity (Wildman–Crippen MR) is 92.2 cm³/mol. The van der Waals surface area contributed by atoms with Crippen LogP contribution in [0.5, 0.6) is 5.75 Å². The molecule has 1 N–H and O–H groups in total. The van der Waals surface area contributed by atoms with Gasteiger partial charge in [-0.25, -0.2) is 0 Å². The fraction of sp³-hybridized carbons (Fsp3) is 0.632. The first-order chi connectivity index (χ1) is 10.0. The van der Waals surface area contributed by atoms with Gasteiger partial charge in [0.25, 0.3) is 5.91 Å². The molecule has 1 rings (SSSR count). The van der Waals surface area contributed by atoms with Gasteiger partial charge in [0.15, 0.2) is 6.10 Å². The number of hydrogen-bond acceptors (Lipinski definition) is 2. The highest BCUT2D eigenvalue weighted by atomic mass is 16.5. The average molecular weight is 305 g/mol. The van der Waals surface area contributed by atoms with Gasteiger partial charge in [-0.05, 0) is 51.2 Å². The van der Waals surface area contributed by atoms with E-state index in [0.717, 1.165) is 12.2 Å². The van der Waals surface area contributed by atoms with Gasteiger partial charge in [-0.2, -0.15) is 0 Å². The molecule has 1 amide bonds. The molecule has 0 aliphatic carbocycles. The van der Waals surface area contributed by atoms with E-state index in [-0.39, 0.29) is 16.9 Å².